The highest BCUT2D eigenvalue weighted by Crippen LogP contribution is 2.38. The van der Waals surface area contributed by atoms with Gasteiger partial charge in [0.25, 0.3) is 5.91 Å². The van der Waals surface area contributed by atoms with E-state index < -0.39 is 11.4 Å². The Balaban J connectivity index is 1.50. The van der Waals surface area contributed by atoms with Gasteiger partial charge in [0, 0.05) is 24.2 Å². The van der Waals surface area contributed by atoms with Crippen molar-refractivity contribution < 1.29 is 9.90 Å². The Hall–Kier alpha value is -3.40. The number of hydrogen-bond donors (Lipinski definition) is 4. The van der Waals surface area contributed by atoms with Gasteiger partial charge >= 0.3 is 0 Å². The normalized spacial score (nSPS) is 15.6. The minimum Gasteiger partial charge on any atom is -0.508 e. The Kier molecular flexibility index (Phi) is 5.55. The molecule has 3 heterocycles. The molecule has 0 atom stereocenters. The van der Waals surface area contributed by atoms with Gasteiger partial charge in [-0.05, 0) is 36.6 Å². The first kappa shape index (κ1) is 22.4. The van der Waals surface area contributed by atoms with Crippen LogP contribution in [0.2, 0.25) is 10.0 Å². The number of hydrogen-bond acceptors (Lipinski definition) is 7. The number of aromatic hydroxyl groups is 1. The number of anilines is 1. The third-order valence-electron chi connectivity index (χ3n) is 6.21. The van der Waals surface area contributed by atoms with Gasteiger partial charge < -0.3 is 21.5 Å². The Morgan fingerprint density at radius 3 is 2.56 bits per heavy atom. The number of nitrogens with one attached hydrogen (secondary N) is 1. The lowest BCUT2D eigenvalue weighted by atomic mass is 9.82. The Morgan fingerprint density at radius 2 is 1.85 bits per heavy atom. The number of fused-ring (bicyclic) bond motifs is 1. The molecule has 0 radical (unpaired) electrons. The van der Waals surface area contributed by atoms with Crippen molar-refractivity contribution in [2.24, 2.45) is 11.5 Å². The summed E-state index contributed by atoms with van der Waals surface area (Å²) in [6.07, 6.45) is 1.21. The molecule has 0 aliphatic carbocycles. The largest absolute Gasteiger partial charge is 0.508 e. The van der Waals surface area contributed by atoms with E-state index in [9.17, 15) is 9.90 Å². The van der Waals surface area contributed by atoms with Gasteiger partial charge in [0.1, 0.15) is 17.1 Å². The van der Waals surface area contributed by atoms with Crippen molar-refractivity contribution in [2.75, 3.05) is 18.0 Å². The van der Waals surface area contributed by atoms with Crippen molar-refractivity contribution >= 4 is 46.1 Å². The minimum absolute atomic E-state index is 0.0392. The number of rotatable bonds is 4. The molecule has 1 aliphatic heterocycles. The Labute approximate surface area is 204 Å². The zero-order chi connectivity index (χ0) is 24.0. The fourth-order valence-corrected chi connectivity index (χ4v) is 4.72. The van der Waals surface area contributed by atoms with Crippen LogP contribution in [0.4, 0.5) is 5.95 Å². The number of phenolic OH excluding ortho intramolecular Hbond substituents is 1. The second kappa shape index (κ2) is 8.43. The highest BCUT2D eigenvalue weighted by molar-refractivity contribution is 6.43. The van der Waals surface area contributed by atoms with E-state index in [0.717, 1.165) is 5.56 Å². The van der Waals surface area contributed by atoms with Crippen molar-refractivity contribution in [1.82, 2.24) is 20.2 Å². The van der Waals surface area contributed by atoms with Crippen LogP contribution in [-0.2, 0) is 5.54 Å². The van der Waals surface area contributed by atoms with E-state index in [2.05, 4.69) is 20.2 Å². The maximum Gasteiger partial charge on any atom is 0.268 e. The fourth-order valence-electron chi connectivity index (χ4n) is 4.33. The zero-order valence-corrected chi connectivity index (χ0v) is 19.4. The molecule has 0 saturated carbocycles. The lowest BCUT2D eigenvalue weighted by Gasteiger charge is -2.39. The van der Waals surface area contributed by atoms with Crippen LogP contribution in [0.1, 0.15) is 28.9 Å². The number of carbonyl (C=O) groups excluding carboxylic acids is 1. The molecule has 0 bridgehead atoms. The van der Waals surface area contributed by atoms with Crippen LogP contribution in [-0.4, -0.2) is 44.3 Å². The van der Waals surface area contributed by atoms with Crippen LogP contribution in [0.5, 0.6) is 5.75 Å². The third-order valence-corrected chi connectivity index (χ3v) is 7.03. The second-order valence-corrected chi connectivity index (χ2v) is 9.11. The van der Waals surface area contributed by atoms with E-state index >= 15 is 0 Å². The monoisotopic (exact) mass is 497 g/mol. The topological polar surface area (TPSA) is 147 Å². The molecular weight excluding hydrogens is 477 g/mol. The number of benzene rings is 2. The molecule has 1 fully saturated rings. The average Bonchev–Trinajstić information content (AvgIpc) is 3.24. The summed E-state index contributed by atoms with van der Waals surface area (Å²) in [4.78, 5) is 23.4. The highest BCUT2D eigenvalue weighted by atomic mass is 35.5. The summed E-state index contributed by atoms with van der Waals surface area (Å²) >= 11 is 12.5. The number of nitrogens with two attached hydrogens (primary N) is 2. The molecule has 5 rings (SSSR count). The van der Waals surface area contributed by atoms with Gasteiger partial charge in [0.05, 0.1) is 15.4 Å². The number of aromatic amines is 1. The zero-order valence-electron chi connectivity index (χ0n) is 17.9. The standard InChI is InChI=1S/C23H21Cl2N7O2/c24-15-6-2-5-14(17(15)25)18-16-19(20(26)34)28-22(29-21(16)31-30-18)32-9-7-23(27,8-10-32)12-3-1-4-13(33)11-12/h1-6,11,33H,7-10,27H2,(H2,26,34)(H,28,29,30,31). The summed E-state index contributed by atoms with van der Waals surface area (Å²) in [6, 6.07) is 12.1. The summed E-state index contributed by atoms with van der Waals surface area (Å²) in [5.74, 6) is -0.175. The van der Waals surface area contributed by atoms with Crippen LogP contribution >= 0.6 is 23.2 Å². The van der Waals surface area contributed by atoms with Crippen LogP contribution in [0.15, 0.2) is 42.5 Å². The summed E-state index contributed by atoms with van der Waals surface area (Å²) in [5, 5.41) is 18.1. The quantitative estimate of drug-likeness (QED) is 0.336. The molecule has 174 valence electrons. The van der Waals surface area contributed by atoms with Gasteiger partial charge in [-0.25, -0.2) is 4.98 Å². The molecule has 1 saturated heterocycles. The number of carbonyl (C=O) groups is 1. The first-order chi connectivity index (χ1) is 16.3. The molecule has 4 aromatic rings. The number of halogens is 2. The van der Waals surface area contributed by atoms with Gasteiger partial charge in [0.2, 0.25) is 5.95 Å². The molecule has 1 amide bonds. The van der Waals surface area contributed by atoms with Crippen LogP contribution in [0.3, 0.4) is 0 Å². The molecule has 2 aromatic heterocycles. The van der Waals surface area contributed by atoms with Crippen molar-refractivity contribution in [1.29, 1.82) is 0 Å². The molecule has 6 N–H and O–H groups in total. The number of piperidine rings is 1. The first-order valence-electron chi connectivity index (χ1n) is 10.6. The molecule has 0 unspecified atom stereocenters. The lowest BCUT2D eigenvalue weighted by molar-refractivity contribution is 0.0997. The van der Waals surface area contributed by atoms with E-state index in [4.69, 9.17) is 34.7 Å². The maximum atomic E-state index is 12.4. The number of nitrogens with zero attached hydrogens (tertiary/aromatic N) is 4. The van der Waals surface area contributed by atoms with Gasteiger partial charge in [-0.1, -0.05) is 47.5 Å². The van der Waals surface area contributed by atoms with Gasteiger partial charge in [-0.2, -0.15) is 10.1 Å². The molecule has 1 aliphatic rings. The number of primary amides is 1. The second-order valence-electron chi connectivity index (χ2n) is 8.33. The van der Waals surface area contributed by atoms with Crippen LogP contribution in [0, 0.1) is 0 Å². The van der Waals surface area contributed by atoms with E-state index in [0.29, 0.717) is 64.2 Å². The lowest BCUT2D eigenvalue weighted by Crippen LogP contribution is -2.48. The number of phenols is 1. The Morgan fingerprint density at radius 1 is 1.12 bits per heavy atom. The van der Waals surface area contributed by atoms with Crippen molar-refractivity contribution in [2.45, 2.75) is 18.4 Å². The number of H-pyrrole nitrogens is 1. The predicted octanol–water partition coefficient (Wildman–Crippen LogP) is 3.59. The first-order valence-corrected chi connectivity index (χ1v) is 11.4. The van der Waals surface area contributed by atoms with Crippen molar-refractivity contribution in [3.63, 3.8) is 0 Å². The van der Waals surface area contributed by atoms with E-state index in [1.54, 1.807) is 36.4 Å². The SMILES string of the molecule is NC(=O)c1nc(N2CCC(N)(c3cccc(O)c3)CC2)nc2[nH]nc(-c3cccc(Cl)c3Cl)c12. The van der Waals surface area contributed by atoms with E-state index in [-0.39, 0.29) is 11.4 Å². The summed E-state index contributed by atoms with van der Waals surface area (Å²) in [5.41, 5.74) is 14.0. The average molecular weight is 498 g/mol. The predicted molar refractivity (Wildman–Crippen MR) is 131 cm³/mol. The minimum atomic E-state index is -0.709. The molecule has 34 heavy (non-hydrogen) atoms. The molecular formula is C23H21Cl2N7O2. The molecule has 9 nitrogen and oxygen atoms in total. The molecule has 0 spiro atoms. The van der Waals surface area contributed by atoms with Crippen molar-refractivity contribution in [3.05, 3.63) is 63.8 Å². The summed E-state index contributed by atoms with van der Waals surface area (Å²) in [7, 11) is 0. The van der Waals surface area contributed by atoms with Gasteiger partial charge in [0.15, 0.2) is 5.65 Å². The van der Waals surface area contributed by atoms with E-state index in [1.165, 1.54) is 0 Å². The maximum absolute atomic E-state index is 12.4. The molecule has 2 aromatic carbocycles. The van der Waals surface area contributed by atoms with Gasteiger partial charge in [-0.15, -0.1) is 0 Å². The van der Waals surface area contributed by atoms with Crippen LogP contribution in [0.25, 0.3) is 22.3 Å². The number of aromatic nitrogens is 4. The van der Waals surface area contributed by atoms with E-state index in [1.807, 2.05) is 11.0 Å². The summed E-state index contributed by atoms with van der Waals surface area (Å²) in [6.45, 7) is 1.11. The summed E-state index contributed by atoms with van der Waals surface area (Å²) < 4.78 is 0. The highest BCUT2D eigenvalue weighted by Gasteiger charge is 2.34. The fraction of sp³-hybridized carbons (Fsp3) is 0.217. The smallest absolute Gasteiger partial charge is 0.268 e. The van der Waals surface area contributed by atoms with Gasteiger partial charge in [-0.3, -0.25) is 9.89 Å². The van der Waals surface area contributed by atoms with Crippen molar-refractivity contribution in [3.8, 4) is 17.0 Å². The Bertz CT molecular complexity index is 1410. The number of amides is 1. The van der Waals surface area contributed by atoms with Crippen LogP contribution < -0.4 is 16.4 Å². The molecule has 11 heteroatoms. The third kappa shape index (κ3) is 3.81.